The molecule has 1 radical (unpaired) electrons. The summed E-state index contributed by atoms with van der Waals surface area (Å²) >= 11 is 1.29. The topological polar surface area (TPSA) is 70.8 Å². The van der Waals surface area contributed by atoms with E-state index < -0.39 is 5.91 Å². The molecule has 0 unspecified atom stereocenters. The number of hydrogen-bond acceptors (Lipinski definition) is 4. The second-order valence-electron chi connectivity index (χ2n) is 3.09. The van der Waals surface area contributed by atoms with Crippen molar-refractivity contribution in [3.63, 3.8) is 0 Å². The molecule has 2 rings (SSSR count). The second kappa shape index (κ2) is 4.24. The summed E-state index contributed by atoms with van der Waals surface area (Å²) in [6, 6.07) is 6.59. The molecule has 1 aromatic carbocycles. The minimum atomic E-state index is -0.709. The van der Waals surface area contributed by atoms with Gasteiger partial charge in [0.05, 0.1) is 4.88 Å². The maximum absolute atomic E-state index is 10.8. The van der Waals surface area contributed by atoms with E-state index in [4.69, 9.17) is 5.73 Å². The number of hydrogen-bond donors (Lipinski definition) is 0. The predicted molar refractivity (Wildman–Crippen MR) is 60.4 cm³/mol. The van der Waals surface area contributed by atoms with Gasteiger partial charge in [-0.15, -0.1) is 11.3 Å². The lowest BCUT2D eigenvalue weighted by molar-refractivity contribution is 0.0991. The monoisotopic (exact) mass is 231 g/mol. The second-order valence-corrected chi connectivity index (χ2v) is 4.15. The molecule has 0 aliphatic carbocycles. The summed E-state index contributed by atoms with van der Waals surface area (Å²) in [6.45, 7) is 0. The Morgan fingerprint density at radius 1 is 1.31 bits per heavy atom. The van der Waals surface area contributed by atoms with Crippen LogP contribution < -0.4 is 5.73 Å². The van der Waals surface area contributed by atoms with Gasteiger partial charge in [0.15, 0.2) is 6.29 Å². The van der Waals surface area contributed by atoms with Crippen molar-refractivity contribution in [1.29, 1.82) is 0 Å². The molecule has 0 atom stereocenters. The number of aldehydes is 1. The molecule has 0 saturated heterocycles. The first-order valence-corrected chi connectivity index (χ1v) is 5.30. The van der Waals surface area contributed by atoms with E-state index in [1.165, 1.54) is 17.5 Å². The first-order valence-electron chi connectivity index (χ1n) is 4.48. The van der Waals surface area contributed by atoms with Crippen LogP contribution in [-0.4, -0.2) is 17.2 Å². The zero-order chi connectivity index (χ0) is 11.5. The van der Waals surface area contributed by atoms with E-state index in [0.29, 0.717) is 10.4 Å². The molecule has 0 fully saturated rings. The Morgan fingerprint density at radius 3 is 2.50 bits per heavy atom. The number of aromatic nitrogens is 1. The van der Waals surface area contributed by atoms with E-state index in [0.717, 1.165) is 16.9 Å². The third-order valence-electron chi connectivity index (χ3n) is 2.03. The van der Waals surface area contributed by atoms with Crippen LogP contribution in [0.5, 0.6) is 0 Å². The van der Waals surface area contributed by atoms with Gasteiger partial charge in [0.25, 0.3) is 5.91 Å². The van der Waals surface area contributed by atoms with Crippen LogP contribution in [0.3, 0.4) is 0 Å². The Kier molecular flexibility index (Phi) is 2.78. The molecule has 0 saturated carbocycles. The van der Waals surface area contributed by atoms with Crippen molar-refractivity contribution in [1.82, 2.24) is 10.7 Å². The maximum Gasteiger partial charge on any atom is 0.269 e. The molecule has 5 heteroatoms. The van der Waals surface area contributed by atoms with Crippen LogP contribution in [-0.2, 0) is 0 Å². The third kappa shape index (κ3) is 1.99. The van der Waals surface area contributed by atoms with Crippen LogP contribution in [0.4, 0.5) is 0 Å². The summed E-state index contributed by atoms with van der Waals surface area (Å²) in [7, 11) is 0. The van der Waals surface area contributed by atoms with Crippen molar-refractivity contribution < 1.29 is 9.59 Å². The summed E-state index contributed by atoms with van der Waals surface area (Å²) in [5, 5.41) is 0.728. The Balaban J connectivity index is 2.34. The fraction of sp³-hybridized carbons (Fsp3) is 0. The summed E-state index contributed by atoms with van der Waals surface area (Å²) in [5.74, 6) is -0.709. The van der Waals surface area contributed by atoms with Crippen molar-refractivity contribution in [2.45, 2.75) is 0 Å². The van der Waals surface area contributed by atoms with Crippen LogP contribution in [0, 0.1) is 0 Å². The standard InChI is InChI=1S/C11H7N2O2S/c12-10(15)7-1-3-8(4-2-7)11-13-5-9(6-14)16-11/h1-6,12H. The van der Waals surface area contributed by atoms with E-state index in [9.17, 15) is 9.59 Å². The molecule has 0 aliphatic rings. The SMILES string of the molecule is [NH]C(=O)c1ccc(-c2ncc(C=O)s2)cc1. The first kappa shape index (κ1) is 10.5. The summed E-state index contributed by atoms with van der Waals surface area (Å²) in [6.07, 6.45) is 2.26. The fourth-order valence-electron chi connectivity index (χ4n) is 1.24. The number of carbonyl (C=O) groups excluding carboxylic acids is 2. The van der Waals surface area contributed by atoms with Gasteiger partial charge in [0.1, 0.15) is 5.01 Å². The van der Waals surface area contributed by atoms with Gasteiger partial charge in [-0.1, -0.05) is 12.1 Å². The molecule has 1 heterocycles. The quantitative estimate of drug-likeness (QED) is 0.759. The molecule has 0 spiro atoms. The van der Waals surface area contributed by atoms with Gasteiger partial charge < -0.3 is 0 Å². The Bertz CT molecular complexity index is 531. The van der Waals surface area contributed by atoms with Crippen molar-refractivity contribution >= 4 is 23.5 Å². The number of benzene rings is 1. The molecule has 1 aromatic heterocycles. The third-order valence-corrected chi connectivity index (χ3v) is 3.01. The van der Waals surface area contributed by atoms with Crippen LogP contribution in [0.2, 0.25) is 0 Å². The van der Waals surface area contributed by atoms with Gasteiger partial charge in [-0.2, -0.15) is 0 Å². The molecule has 2 aromatic rings. The minimum Gasteiger partial charge on any atom is -0.297 e. The van der Waals surface area contributed by atoms with Gasteiger partial charge in [-0.3, -0.25) is 15.3 Å². The van der Waals surface area contributed by atoms with E-state index in [-0.39, 0.29) is 0 Å². The average Bonchev–Trinajstić information content (AvgIpc) is 2.77. The molecule has 16 heavy (non-hydrogen) atoms. The molecule has 1 N–H and O–H groups in total. The van der Waals surface area contributed by atoms with Crippen molar-refractivity contribution in [2.75, 3.05) is 0 Å². The van der Waals surface area contributed by atoms with Crippen LogP contribution >= 0.6 is 11.3 Å². The number of nitrogens with one attached hydrogen (secondary N) is 1. The summed E-state index contributed by atoms with van der Waals surface area (Å²) in [4.78, 5) is 25.9. The highest BCUT2D eigenvalue weighted by atomic mass is 32.1. The predicted octanol–water partition coefficient (Wildman–Crippen LogP) is 2.05. The molecule has 4 nitrogen and oxygen atoms in total. The zero-order valence-electron chi connectivity index (χ0n) is 8.14. The first-order chi connectivity index (χ1) is 7.70. The van der Waals surface area contributed by atoms with Gasteiger partial charge >= 0.3 is 0 Å². The highest BCUT2D eigenvalue weighted by Gasteiger charge is 2.05. The molecular formula is C11H7N2O2S. The van der Waals surface area contributed by atoms with Gasteiger partial charge in [0.2, 0.25) is 0 Å². The Labute approximate surface area is 95.7 Å². The lowest BCUT2D eigenvalue weighted by atomic mass is 10.1. The smallest absolute Gasteiger partial charge is 0.269 e. The number of thiazole rings is 1. The highest BCUT2D eigenvalue weighted by Crippen LogP contribution is 2.24. The fourth-order valence-corrected chi connectivity index (χ4v) is 1.97. The molecule has 1 amide bonds. The van der Waals surface area contributed by atoms with Gasteiger partial charge in [-0.25, -0.2) is 4.98 Å². The summed E-state index contributed by atoms with van der Waals surface area (Å²) in [5.41, 5.74) is 8.11. The largest absolute Gasteiger partial charge is 0.297 e. The summed E-state index contributed by atoms with van der Waals surface area (Å²) < 4.78 is 0. The number of carbonyl (C=O) groups is 2. The molecular weight excluding hydrogens is 224 g/mol. The lowest BCUT2D eigenvalue weighted by Gasteiger charge is -1.97. The molecule has 0 bridgehead atoms. The van der Waals surface area contributed by atoms with E-state index in [1.807, 2.05) is 0 Å². The number of nitrogens with zero attached hydrogens (tertiary/aromatic N) is 1. The average molecular weight is 231 g/mol. The highest BCUT2D eigenvalue weighted by molar-refractivity contribution is 7.16. The van der Waals surface area contributed by atoms with Gasteiger partial charge in [-0.05, 0) is 12.1 Å². The van der Waals surface area contributed by atoms with Crippen molar-refractivity contribution in [3.05, 3.63) is 40.9 Å². The van der Waals surface area contributed by atoms with E-state index >= 15 is 0 Å². The maximum atomic E-state index is 10.8. The van der Waals surface area contributed by atoms with E-state index in [2.05, 4.69) is 4.98 Å². The Hall–Kier alpha value is -2.01. The lowest BCUT2D eigenvalue weighted by Crippen LogP contribution is -1.97. The van der Waals surface area contributed by atoms with Crippen LogP contribution in [0.25, 0.3) is 10.6 Å². The number of amides is 1. The molecule has 79 valence electrons. The Morgan fingerprint density at radius 2 is 2.00 bits per heavy atom. The molecule has 0 aliphatic heterocycles. The van der Waals surface area contributed by atoms with Gasteiger partial charge in [0, 0.05) is 17.3 Å². The van der Waals surface area contributed by atoms with Crippen LogP contribution in [0.15, 0.2) is 30.5 Å². The van der Waals surface area contributed by atoms with Crippen LogP contribution in [0.1, 0.15) is 20.0 Å². The van der Waals surface area contributed by atoms with Crippen molar-refractivity contribution in [3.8, 4) is 10.6 Å². The van der Waals surface area contributed by atoms with Crippen molar-refractivity contribution in [2.24, 2.45) is 0 Å². The number of rotatable bonds is 3. The normalized spacial score (nSPS) is 10.0. The zero-order valence-corrected chi connectivity index (χ0v) is 8.95. The minimum absolute atomic E-state index is 0.343. The van der Waals surface area contributed by atoms with E-state index in [1.54, 1.807) is 24.3 Å².